The van der Waals surface area contributed by atoms with Crippen LogP contribution in [-0.4, -0.2) is 11.1 Å². The van der Waals surface area contributed by atoms with Crippen molar-refractivity contribution in [2.24, 2.45) is 0 Å². The zero-order valence-corrected chi connectivity index (χ0v) is 9.87. The fourth-order valence-electron chi connectivity index (χ4n) is 1.49. The van der Waals surface area contributed by atoms with Crippen LogP contribution in [0.25, 0.3) is 0 Å². The molecule has 4 nitrogen and oxygen atoms in total. The first-order valence-electron chi connectivity index (χ1n) is 5.06. The van der Waals surface area contributed by atoms with Gasteiger partial charge in [0.05, 0.1) is 12.0 Å². The minimum absolute atomic E-state index is 0.149. The van der Waals surface area contributed by atoms with E-state index in [1.807, 2.05) is 0 Å². The smallest absolute Gasteiger partial charge is 0.372 e. The van der Waals surface area contributed by atoms with E-state index in [0.717, 1.165) is 0 Å². The van der Waals surface area contributed by atoms with Gasteiger partial charge >= 0.3 is 5.97 Å². The third-order valence-corrected chi connectivity index (χ3v) is 2.58. The summed E-state index contributed by atoms with van der Waals surface area (Å²) in [5.74, 6) is -1.81. The molecule has 0 bridgehead atoms. The molecular weight excluding hydrogens is 261 g/mol. The maximum absolute atomic E-state index is 13.5. The summed E-state index contributed by atoms with van der Waals surface area (Å²) < 4.78 is 18.3. The Kier molecular flexibility index (Phi) is 3.53. The molecule has 0 aliphatic rings. The Morgan fingerprint density at radius 1 is 1.44 bits per heavy atom. The maximum Gasteiger partial charge on any atom is 0.372 e. The predicted octanol–water partition coefficient (Wildman–Crippen LogP) is 3.38. The number of furan rings is 1. The molecule has 0 radical (unpaired) electrons. The first-order chi connectivity index (χ1) is 8.58. The monoisotopic (exact) mass is 269 g/mol. The molecule has 2 N–H and O–H groups in total. The van der Waals surface area contributed by atoms with E-state index in [0.29, 0.717) is 10.6 Å². The van der Waals surface area contributed by atoms with Crippen LogP contribution in [0.15, 0.2) is 34.9 Å². The maximum atomic E-state index is 13.5. The minimum Gasteiger partial charge on any atom is -0.475 e. The highest BCUT2D eigenvalue weighted by molar-refractivity contribution is 6.30. The van der Waals surface area contributed by atoms with Crippen molar-refractivity contribution in [2.75, 3.05) is 5.32 Å². The third-order valence-electron chi connectivity index (χ3n) is 2.34. The van der Waals surface area contributed by atoms with Crippen LogP contribution in [0.1, 0.15) is 16.1 Å². The molecule has 2 rings (SSSR count). The van der Waals surface area contributed by atoms with Crippen LogP contribution >= 0.6 is 11.6 Å². The molecule has 94 valence electrons. The van der Waals surface area contributed by atoms with E-state index >= 15 is 0 Å². The van der Waals surface area contributed by atoms with Crippen molar-refractivity contribution in [3.63, 3.8) is 0 Å². The predicted molar refractivity (Wildman–Crippen MR) is 64.4 cm³/mol. The minimum atomic E-state index is -1.16. The zero-order chi connectivity index (χ0) is 13.1. The van der Waals surface area contributed by atoms with Gasteiger partial charge in [-0.05, 0) is 24.3 Å². The number of halogens is 2. The van der Waals surface area contributed by atoms with Gasteiger partial charge in [-0.3, -0.25) is 0 Å². The van der Waals surface area contributed by atoms with Gasteiger partial charge in [0.15, 0.2) is 0 Å². The van der Waals surface area contributed by atoms with Crippen molar-refractivity contribution in [2.45, 2.75) is 6.54 Å². The lowest BCUT2D eigenvalue weighted by Crippen LogP contribution is -2.05. The van der Waals surface area contributed by atoms with Gasteiger partial charge < -0.3 is 14.8 Å². The van der Waals surface area contributed by atoms with Crippen LogP contribution in [-0.2, 0) is 6.54 Å². The van der Waals surface area contributed by atoms with Crippen molar-refractivity contribution < 1.29 is 18.7 Å². The van der Waals surface area contributed by atoms with Gasteiger partial charge in [-0.15, -0.1) is 0 Å². The van der Waals surface area contributed by atoms with E-state index < -0.39 is 11.8 Å². The highest BCUT2D eigenvalue weighted by atomic mass is 35.5. The van der Waals surface area contributed by atoms with Crippen LogP contribution in [0.3, 0.4) is 0 Å². The van der Waals surface area contributed by atoms with Crippen molar-refractivity contribution in [3.8, 4) is 0 Å². The van der Waals surface area contributed by atoms with Gasteiger partial charge in [-0.1, -0.05) is 11.6 Å². The quantitative estimate of drug-likeness (QED) is 0.893. The standard InChI is InChI=1S/C12H9ClFNO3/c13-8-1-2-10(9(14)5-8)15-6-7-3-4-18-11(7)12(16)17/h1-5,15H,6H2,(H,16,17). The molecule has 0 fully saturated rings. The van der Waals surface area contributed by atoms with E-state index in [-0.39, 0.29) is 18.0 Å². The largest absolute Gasteiger partial charge is 0.475 e. The molecule has 0 unspecified atom stereocenters. The van der Waals surface area contributed by atoms with Crippen LogP contribution in [0, 0.1) is 5.82 Å². The van der Waals surface area contributed by atoms with Gasteiger partial charge in [0.25, 0.3) is 0 Å². The number of carboxylic acids is 1. The van der Waals surface area contributed by atoms with Gasteiger partial charge in [-0.25, -0.2) is 9.18 Å². The summed E-state index contributed by atoms with van der Waals surface area (Å²) in [6, 6.07) is 5.72. The van der Waals surface area contributed by atoms with Crippen molar-refractivity contribution in [1.29, 1.82) is 0 Å². The van der Waals surface area contributed by atoms with E-state index in [4.69, 9.17) is 21.1 Å². The second kappa shape index (κ2) is 5.10. The summed E-state index contributed by atoms with van der Waals surface area (Å²) in [6.45, 7) is 0.149. The van der Waals surface area contributed by atoms with Crippen molar-refractivity contribution >= 4 is 23.3 Å². The molecule has 0 aliphatic heterocycles. The number of hydrogen-bond acceptors (Lipinski definition) is 3. The van der Waals surface area contributed by atoms with Crippen LogP contribution in [0.4, 0.5) is 10.1 Å². The fraction of sp³-hybridized carbons (Fsp3) is 0.0833. The lowest BCUT2D eigenvalue weighted by Gasteiger charge is -2.06. The molecule has 1 aromatic carbocycles. The molecule has 18 heavy (non-hydrogen) atoms. The van der Waals surface area contributed by atoms with Crippen LogP contribution in [0.5, 0.6) is 0 Å². The Bertz CT molecular complexity index is 582. The Morgan fingerprint density at radius 3 is 2.89 bits per heavy atom. The highest BCUT2D eigenvalue weighted by Crippen LogP contribution is 2.20. The number of benzene rings is 1. The number of rotatable bonds is 4. The number of carboxylic acid groups (broad SMARTS) is 1. The van der Waals surface area contributed by atoms with Crippen LogP contribution < -0.4 is 5.32 Å². The summed E-state index contributed by atoms with van der Waals surface area (Å²) in [5.41, 5.74) is 0.689. The van der Waals surface area contributed by atoms with E-state index in [9.17, 15) is 9.18 Å². The number of anilines is 1. The second-order valence-electron chi connectivity index (χ2n) is 3.56. The first kappa shape index (κ1) is 12.4. The Balaban J connectivity index is 2.11. The molecule has 0 saturated carbocycles. The Labute approximate surface area is 107 Å². The average molecular weight is 270 g/mol. The second-order valence-corrected chi connectivity index (χ2v) is 3.99. The summed E-state index contributed by atoms with van der Waals surface area (Å²) in [7, 11) is 0. The van der Waals surface area contributed by atoms with Crippen LogP contribution in [0.2, 0.25) is 5.02 Å². The van der Waals surface area contributed by atoms with Gasteiger partial charge in [0.2, 0.25) is 5.76 Å². The average Bonchev–Trinajstić information content (AvgIpc) is 2.76. The first-order valence-corrected chi connectivity index (χ1v) is 5.44. The fourth-order valence-corrected chi connectivity index (χ4v) is 1.64. The highest BCUT2D eigenvalue weighted by Gasteiger charge is 2.13. The van der Waals surface area contributed by atoms with Crippen molar-refractivity contribution in [1.82, 2.24) is 0 Å². The number of hydrogen-bond donors (Lipinski definition) is 2. The molecule has 0 spiro atoms. The lowest BCUT2D eigenvalue weighted by atomic mass is 10.2. The third kappa shape index (κ3) is 2.62. The van der Waals surface area contributed by atoms with E-state index in [2.05, 4.69) is 5.32 Å². The Hall–Kier alpha value is -2.01. The van der Waals surface area contributed by atoms with Gasteiger partial charge in [0, 0.05) is 17.1 Å². The topological polar surface area (TPSA) is 62.5 Å². The van der Waals surface area contributed by atoms with E-state index in [1.54, 1.807) is 6.07 Å². The van der Waals surface area contributed by atoms with Crippen molar-refractivity contribution in [3.05, 3.63) is 52.7 Å². The van der Waals surface area contributed by atoms with E-state index in [1.165, 1.54) is 24.5 Å². The number of nitrogens with one attached hydrogen (secondary N) is 1. The molecule has 1 aromatic heterocycles. The SMILES string of the molecule is O=C(O)c1occc1CNc1ccc(Cl)cc1F. The molecular formula is C12H9ClFNO3. The van der Waals surface area contributed by atoms with Gasteiger partial charge in [0.1, 0.15) is 5.82 Å². The molecule has 0 atom stereocenters. The lowest BCUT2D eigenvalue weighted by molar-refractivity contribution is 0.0661. The summed E-state index contributed by atoms with van der Waals surface area (Å²) in [6.07, 6.45) is 1.28. The molecule has 1 heterocycles. The molecule has 0 saturated heterocycles. The molecule has 0 aliphatic carbocycles. The Morgan fingerprint density at radius 2 is 2.22 bits per heavy atom. The summed E-state index contributed by atoms with van der Waals surface area (Å²) in [5, 5.41) is 11.9. The zero-order valence-electron chi connectivity index (χ0n) is 9.11. The number of aromatic carboxylic acids is 1. The number of carbonyl (C=O) groups is 1. The summed E-state index contributed by atoms with van der Waals surface area (Å²) >= 11 is 5.62. The summed E-state index contributed by atoms with van der Waals surface area (Å²) in [4.78, 5) is 10.8. The molecule has 6 heteroatoms. The molecule has 0 amide bonds. The normalized spacial score (nSPS) is 10.3. The molecule has 2 aromatic rings. The van der Waals surface area contributed by atoms with Gasteiger partial charge in [-0.2, -0.15) is 0 Å².